The highest BCUT2D eigenvalue weighted by Crippen LogP contribution is 2.38. The number of anilines is 1. The SMILES string of the molecule is N#Cc1c(NC(=O)CCCSc2ccc(F)cc2)sc2c1CCC2. The van der Waals surface area contributed by atoms with Crippen molar-refractivity contribution in [2.45, 2.75) is 37.0 Å². The maximum atomic E-state index is 12.8. The van der Waals surface area contributed by atoms with E-state index in [1.165, 1.54) is 17.0 Å². The first kappa shape index (κ1) is 17.0. The zero-order valence-corrected chi connectivity index (χ0v) is 14.7. The lowest BCUT2D eigenvalue weighted by Crippen LogP contribution is -2.11. The maximum absolute atomic E-state index is 12.8. The van der Waals surface area contributed by atoms with Gasteiger partial charge in [-0.25, -0.2) is 4.39 Å². The van der Waals surface area contributed by atoms with E-state index in [0.717, 1.165) is 41.9 Å². The molecule has 0 spiro atoms. The van der Waals surface area contributed by atoms with Crippen LogP contribution < -0.4 is 5.32 Å². The van der Waals surface area contributed by atoms with Gasteiger partial charge in [0.2, 0.25) is 5.91 Å². The number of hydrogen-bond acceptors (Lipinski definition) is 4. The summed E-state index contributed by atoms with van der Waals surface area (Å²) in [5.74, 6) is 0.506. The third-order valence-corrected chi connectivity index (χ3v) is 6.22. The number of thioether (sulfide) groups is 1. The molecule has 24 heavy (non-hydrogen) atoms. The molecule has 1 N–H and O–H groups in total. The van der Waals surface area contributed by atoms with E-state index in [0.29, 0.717) is 17.0 Å². The number of nitrogens with one attached hydrogen (secondary N) is 1. The first-order chi connectivity index (χ1) is 11.7. The standard InChI is InChI=1S/C18H17FN2OS2/c19-12-6-8-13(9-7-12)23-10-2-5-17(22)21-18-15(11-20)14-3-1-4-16(14)24-18/h6-9H,1-5,10H2,(H,21,22). The highest BCUT2D eigenvalue weighted by molar-refractivity contribution is 7.99. The lowest BCUT2D eigenvalue weighted by Gasteiger charge is -2.04. The van der Waals surface area contributed by atoms with Gasteiger partial charge in [0.1, 0.15) is 16.9 Å². The molecule has 1 amide bonds. The molecule has 0 saturated carbocycles. The van der Waals surface area contributed by atoms with E-state index < -0.39 is 0 Å². The normalized spacial score (nSPS) is 12.7. The molecule has 0 fully saturated rings. The van der Waals surface area contributed by atoms with Crippen molar-refractivity contribution in [2.24, 2.45) is 0 Å². The number of carbonyl (C=O) groups is 1. The molecular weight excluding hydrogens is 343 g/mol. The zero-order chi connectivity index (χ0) is 16.9. The fraction of sp³-hybridized carbons (Fsp3) is 0.333. The van der Waals surface area contributed by atoms with Crippen molar-refractivity contribution in [1.82, 2.24) is 0 Å². The Hall–Kier alpha value is -1.84. The Bertz CT molecular complexity index is 778. The van der Waals surface area contributed by atoms with Gasteiger partial charge in [0.15, 0.2) is 0 Å². The minimum absolute atomic E-state index is 0.0499. The van der Waals surface area contributed by atoms with Crippen molar-refractivity contribution in [3.8, 4) is 6.07 Å². The van der Waals surface area contributed by atoms with Crippen LogP contribution in [0.15, 0.2) is 29.2 Å². The predicted octanol–water partition coefficient (Wildman–Crippen LogP) is 4.76. The molecule has 124 valence electrons. The number of halogens is 1. The summed E-state index contributed by atoms with van der Waals surface area (Å²) in [6.07, 6.45) is 4.21. The summed E-state index contributed by atoms with van der Waals surface area (Å²) >= 11 is 3.15. The van der Waals surface area contributed by atoms with Gasteiger partial charge in [-0.15, -0.1) is 23.1 Å². The Morgan fingerprint density at radius 3 is 2.88 bits per heavy atom. The van der Waals surface area contributed by atoms with Gasteiger partial charge in [-0.3, -0.25) is 4.79 Å². The molecule has 0 radical (unpaired) electrons. The molecule has 0 unspecified atom stereocenters. The lowest BCUT2D eigenvalue weighted by atomic mass is 10.1. The number of nitrogens with zero attached hydrogens (tertiary/aromatic N) is 1. The topological polar surface area (TPSA) is 52.9 Å². The highest BCUT2D eigenvalue weighted by Gasteiger charge is 2.22. The third kappa shape index (κ3) is 3.97. The van der Waals surface area contributed by atoms with Gasteiger partial charge in [0.05, 0.1) is 5.56 Å². The number of aryl methyl sites for hydroxylation is 1. The Kier molecular flexibility index (Phi) is 5.54. The van der Waals surface area contributed by atoms with Crippen LogP contribution in [-0.2, 0) is 17.6 Å². The maximum Gasteiger partial charge on any atom is 0.225 e. The van der Waals surface area contributed by atoms with E-state index in [9.17, 15) is 14.4 Å². The Morgan fingerprint density at radius 2 is 2.12 bits per heavy atom. The van der Waals surface area contributed by atoms with E-state index in [4.69, 9.17) is 0 Å². The molecule has 6 heteroatoms. The third-order valence-electron chi connectivity index (χ3n) is 3.92. The molecule has 3 rings (SSSR count). The van der Waals surface area contributed by atoms with Crippen molar-refractivity contribution in [2.75, 3.05) is 11.1 Å². The summed E-state index contributed by atoms with van der Waals surface area (Å²) in [6, 6.07) is 8.60. The smallest absolute Gasteiger partial charge is 0.225 e. The second-order valence-corrected chi connectivity index (χ2v) is 7.90. The molecule has 1 aliphatic rings. The van der Waals surface area contributed by atoms with Crippen LogP contribution in [0.5, 0.6) is 0 Å². The number of amides is 1. The fourth-order valence-corrected chi connectivity index (χ4v) is 4.86. The summed E-state index contributed by atoms with van der Waals surface area (Å²) in [5.41, 5.74) is 1.78. The number of carbonyl (C=O) groups excluding carboxylic acids is 1. The number of thiophene rings is 1. The van der Waals surface area contributed by atoms with Gasteiger partial charge < -0.3 is 5.32 Å². The van der Waals surface area contributed by atoms with Crippen molar-refractivity contribution < 1.29 is 9.18 Å². The summed E-state index contributed by atoms with van der Waals surface area (Å²) in [7, 11) is 0. The molecule has 0 atom stereocenters. The molecule has 0 bridgehead atoms. The van der Waals surface area contributed by atoms with Crippen molar-refractivity contribution in [3.05, 3.63) is 46.1 Å². The molecular formula is C18H17FN2OS2. The van der Waals surface area contributed by atoms with Crippen molar-refractivity contribution in [3.63, 3.8) is 0 Å². The monoisotopic (exact) mass is 360 g/mol. The van der Waals surface area contributed by atoms with Crippen LogP contribution in [0.1, 0.15) is 35.3 Å². The van der Waals surface area contributed by atoms with Crippen molar-refractivity contribution in [1.29, 1.82) is 5.26 Å². The molecule has 0 aliphatic heterocycles. The number of benzene rings is 1. The largest absolute Gasteiger partial charge is 0.317 e. The fourth-order valence-electron chi connectivity index (χ4n) is 2.75. The number of fused-ring (bicyclic) bond motifs is 1. The number of hydrogen-bond donors (Lipinski definition) is 1. The van der Waals surface area contributed by atoms with Gasteiger partial charge in [0, 0.05) is 16.2 Å². The van der Waals surface area contributed by atoms with E-state index >= 15 is 0 Å². The van der Waals surface area contributed by atoms with Crippen LogP contribution in [0.2, 0.25) is 0 Å². The van der Waals surface area contributed by atoms with Crippen molar-refractivity contribution >= 4 is 34.0 Å². The van der Waals surface area contributed by atoms with Crippen LogP contribution in [0.4, 0.5) is 9.39 Å². The van der Waals surface area contributed by atoms with Gasteiger partial charge in [0.25, 0.3) is 0 Å². The van der Waals surface area contributed by atoms with E-state index in [1.807, 2.05) is 0 Å². The lowest BCUT2D eigenvalue weighted by molar-refractivity contribution is -0.116. The van der Waals surface area contributed by atoms with Gasteiger partial charge >= 0.3 is 0 Å². The summed E-state index contributed by atoms with van der Waals surface area (Å²) < 4.78 is 12.8. The molecule has 3 nitrogen and oxygen atoms in total. The second-order valence-electron chi connectivity index (χ2n) is 5.63. The molecule has 1 aliphatic carbocycles. The average Bonchev–Trinajstić information content (AvgIpc) is 3.13. The summed E-state index contributed by atoms with van der Waals surface area (Å²) in [5, 5.41) is 12.9. The van der Waals surface area contributed by atoms with Crippen LogP contribution >= 0.6 is 23.1 Å². The molecule has 1 heterocycles. The summed E-state index contributed by atoms with van der Waals surface area (Å²) in [4.78, 5) is 14.3. The van der Waals surface area contributed by atoms with Gasteiger partial charge in [-0.05, 0) is 61.3 Å². The molecule has 0 saturated heterocycles. The predicted molar refractivity (Wildman–Crippen MR) is 96.0 cm³/mol. The number of rotatable bonds is 6. The highest BCUT2D eigenvalue weighted by atomic mass is 32.2. The zero-order valence-electron chi connectivity index (χ0n) is 13.1. The van der Waals surface area contributed by atoms with E-state index in [2.05, 4.69) is 11.4 Å². The first-order valence-corrected chi connectivity index (χ1v) is 9.70. The quantitative estimate of drug-likeness (QED) is 0.597. The van der Waals surface area contributed by atoms with Crippen LogP contribution in [0.25, 0.3) is 0 Å². The molecule has 1 aromatic heterocycles. The molecule has 1 aromatic carbocycles. The van der Waals surface area contributed by atoms with E-state index in [-0.39, 0.29) is 11.7 Å². The minimum atomic E-state index is -0.241. The van der Waals surface area contributed by atoms with E-state index in [1.54, 1.807) is 35.2 Å². The van der Waals surface area contributed by atoms with Gasteiger partial charge in [-0.2, -0.15) is 5.26 Å². The first-order valence-electron chi connectivity index (χ1n) is 7.90. The minimum Gasteiger partial charge on any atom is -0.317 e. The Balaban J connectivity index is 1.46. The summed E-state index contributed by atoms with van der Waals surface area (Å²) in [6.45, 7) is 0. The van der Waals surface area contributed by atoms with Crippen LogP contribution in [0.3, 0.4) is 0 Å². The molecule has 2 aromatic rings. The van der Waals surface area contributed by atoms with Crippen LogP contribution in [-0.4, -0.2) is 11.7 Å². The van der Waals surface area contributed by atoms with Crippen LogP contribution in [0, 0.1) is 17.1 Å². The Morgan fingerprint density at radius 1 is 1.33 bits per heavy atom. The average molecular weight is 360 g/mol. The second kappa shape index (κ2) is 7.82. The number of nitriles is 1. The Labute approximate surface area is 148 Å². The van der Waals surface area contributed by atoms with Gasteiger partial charge in [-0.1, -0.05) is 0 Å².